The summed E-state index contributed by atoms with van der Waals surface area (Å²) in [6, 6.07) is 17.2. The topological polar surface area (TPSA) is 21.3 Å². The Labute approximate surface area is 128 Å². The minimum absolute atomic E-state index is 0.528. The zero-order chi connectivity index (χ0) is 15.1. The minimum atomic E-state index is 0.528. The smallest absolute Gasteiger partial charge is 0.120 e. The zero-order valence-electron chi connectivity index (χ0n) is 13.2. The van der Waals surface area contributed by atoms with Crippen LogP contribution in [0.3, 0.4) is 0 Å². The van der Waals surface area contributed by atoms with E-state index in [4.69, 9.17) is 4.74 Å². The third-order valence-electron chi connectivity index (χ3n) is 3.45. The number of hydrogen-bond donors (Lipinski definition) is 1. The highest BCUT2D eigenvalue weighted by atomic mass is 16.5. The molecule has 0 aliphatic heterocycles. The van der Waals surface area contributed by atoms with Crippen LogP contribution in [0.25, 0.3) is 0 Å². The molecule has 0 spiro atoms. The molecule has 0 heterocycles. The molecule has 112 valence electrons. The quantitative estimate of drug-likeness (QED) is 0.825. The third kappa shape index (κ3) is 5.24. The second kappa shape index (κ2) is 7.84. The van der Waals surface area contributed by atoms with Crippen LogP contribution in [-0.4, -0.2) is 12.6 Å². The van der Waals surface area contributed by atoms with Crippen molar-refractivity contribution in [3.05, 3.63) is 65.2 Å². The molecule has 0 aromatic heterocycles. The van der Waals surface area contributed by atoms with Crippen LogP contribution >= 0.6 is 0 Å². The Balaban J connectivity index is 1.96. The summed E-state index contributed by atoms with van der Waals surface area (Å²) in [4.78, 5) is 0. The number of hydrogen-bond acceptors (Lipinski definition) is 2. The molecule has 0 unspecified atom stereocenters. The molecule has 0 amide bonds. The van der Waals surface area contributed by atoms with E-state index >= 15 is 0 Å². The fourth-order valence-electron chi connectivity index (χ4n) is 2.30. The van der Waals surface area contributed by atoms with Gasteiger partial charge >= 0.3 is 0 Å². The van der Waals surface area contributed by atoms with Crippen LogP contribution in [0.2, 0.25) is 0 Å². The maximum absolute atomic E-state index is 5.92. The average molecular weight is 283 g/mol. The monoisotopic (exact) mass is 283 g/mol. The highest BCUT2D eigenvalue weighted by Gasteiger charge is 2.03. The normalized spacial score (nSPS) is 10.9. The van der Waals surface area contributed by atoms with Crippen LogP contribution in [0.15, 0.2) is 48.5 Å². The van der Waals surface area contributed by atoms with E-state index in [9.17, 15) is 0 Å². The third-order valence-corrected chi connectivity index (χ3v) is 3.45. The molecule has 0 atom stereocenters. The average Bonchev–Trinajstić information content (AvgIpc) is 2.46. The molecular formula is C19H25NO. The summed E-state index contributed by atoms with van der Waals surface area (Å²) >= 11 is 0. The standard InChI is InChI=1S/C19H25NO/c1-15(2)20-12-11-17-8-4-5-9-18(17)14-21-19-10-6-7-16(3)13-19/h4-10,13,15,20H,11-12,14H2,1-3H3. The number of ether oxygens (including phenoxy) is 1. The summed E-state index contributed by atoms with van der Waals surface area (Å²) in [5, 5.41) is 3.46. The molecule has 2 nitrogen and oxygen atoms in total. The summed E-state index contributed by atoms with van der Waals surface area (Å²) in [7, 11) is 0. The number of nitrogens with one attached hydrogen (secondary N) is 1. The van der Waals surface area contributed by atoms with E-state index in [1.165, 1.54) is 16.7 Å². The van der Waals surface area contributed by atoms with Crippen LogP contribution < -0.4 is 10.1 Å². The van der Waals surface area contributed by atoms with Crippen molar-refractivity contribution in [1.82, 2.24) is 5.32 Å². The SMILES string of the molecule is Cc1cccc(OCc2ccccc2CCNC(C)C)c1. The Morgan fingerprint density at radius 2 is 1.76 bits per heavy atom. The van der Waals surface area contributed by atoms with Gasteiger partial charge in [0.1, 0.15) is 12.4 Å². The van der Waals surface area contributed by atoms with Crippen molar-refractivity contribution in [2.45, 2.75) is 39.8 Å². The molecule has 0 fully saturated rings. The van der Waals surface area contributed by atoms with E-state index in [0.717, 1.165) is 18.7 Å². The Kier molecular flexibility index (Phi) is 5.82. The molecule has 0 aliphatic rings. The van der Waals surface area contributed by atoms with Gasteiger partial charge in [0.15, 0.2) is 0 Å². The highest BCUT2D eigenvalue weighted by Crippen LogP contribution is 2.16. The lowest BCUT2D eigenvalue weighted by Gasteiger charge is -2.13. The predicted molar refractivity (Wildman–Crippen MR) is 88.8 cm³/mol. The Hall–Kier alpha value is -1.80. The van der Waals surface area contributed by atoms with Crippen LogP contribution in [0.5, 0.6) is 5.75 Å². The van der Waals surface area contributed by atoms with Crippen LogP contribution in [0, 0.1) is 6.92 Å². The number of aryl methyl sites for hydroxylation is 1. The number of benzene rings is 2. The summed E-state index contributed by atoms with van der Waals surface area (Å²) in [6.07, 6.45) is 1.03. The first-order valence-electron chi connectivity index (χ1n) is 7.65. The molecular weight excluding hydrogens is 258 g/mol. The van der Waals surface area contributed by atoms with Crippen molar-refractivity contribution in [2.24, 2.45) is 0 Å². The molecule has 21 heavy (non-hydrogen) atoms. The lowest BCUT2D eigenvalue weighted by Crippen LogP contribution is -2.25. The molecule has 2 aromatic carbocycles. The van der Waals surface area contributed by atoms with Crippen molar-refractivity contribution >= 4 is 0 Å². The van der Waals surface area contributed by atoms with Crippen molar-refractivity contribution in [1.29, 1.82) is 0 Å². The molecule has 2 aromatic rings. The summed E-state index contributed by atoms with van der Waals surface area (Å²) in [5.74, 6) is 0.935. The predicted octanol–water partition coefficient (Wildman–Crippen LogP) is 4.11. The molecule has 1 N–H and O–H groups in total. The molecule has 2 heteroatoms. The second-order valence-corrected chi connectivity index (χ2v) is 5.73. The van der Waals surface area contributed by atoms with Crippen molar-refractivity contribution < 1.29 is 4.74 Å². The van der Waals surface area contributed by atoms with E-state index in [1.54, 1.807) is 0 Å². The molecule has 0 saturated heterocycles. The highest BCUT2D eigenvalue weighted by molar-refractivity contribution is 5.30. The molecule has 2 rings (SSSR count). The molecule has 0 saturated carbocycles. The second-order valence-electron chi connectivity index (χ2n) is 5.73. The van der Waals surface area contributed by atoms with E-state index in [0.29, 0.717) is 12.6 Å². The summed E-state index contributed by atoms with van der Waals surface area (Å²) in [5.41, 5.74) is 3.85. The van der Waals surface area contributed by atoms with Crippen molar-refractivity contribution in [2.75, 3.05) is 6.54 Å². The van der Waals surface area contributed by atoms with Gasteiger partial charge in [0.05, 0.1) is 0 Å². The van der Waals surface area contributed by atoms with Gasteiger partial charge in [0.25, 0.3) is 0 Å². The fraction of sp³-hybridized carbons (Fsp3) is 0.368. The lowest BCUT2D eigenvalue weighted by atomic mass is 10.1. The first-order chi connectivity index (χ1) is 10.1. The zero-order valence-corrected chi connectivity index (χ0v) is 13.2. The summed E-state index contributed by atoms with van der Waals surface area (Å²) in [6.45, 7) is 8.05. The first kappa shape index (κ1) is 15.6. The van der Waals surface area contributed by atoms with Gasteiger partial charge in [0.2, 0.25) is 0 Å². The van der Waals surface area contributed by atoms with E-state index in [-0.39, 0.29) is 0 Å². The van der Waals surface area contributed by atoms with Gasteiger partial charge in [-0.2, -0.15) is 0 Å². The minimum Gasteiger partial charge on any atom is -0.489 e. The van der Waals surface area contributed by atoms with Gasteiger partial charge in [0, 0.05) is 6.04 Å². The maximum atomic E-state index is 5.92. The van der Waals surface area contributed by atoms with Gasteiger partial charge in [-0.3, -0.25) is 0 Å². The van der Waals surface area contributed by atoms with E-state index in [2.05, 4.69) is 62.5 Å². The Morgan fingerprint density at radius 3 is 2.48 bits per heavy atom. The van der Waals surface area contributed by atoms with Gasteiger partial charge in [-0.05, 0) is 48.7 Å². The van der Waals surface area contributed by atoms with Gasteiger partial charge in [-0.25, -0.2) is 0 Å². The largest absolute Gasteiger partial charge is 0.489 e. The Morgan fingerprint density at radius 1 is 1.00 bits per heavy atom. The lowest BCUT2D eigenvalue weighted by molar-refractivity contribution is 0.304. The summed E-state index contributed by atoms with van der Waals surface area (Å²) < 4.78 is 5.92. The van der Waals surface area contributed by atoms with E-state index < -0.39 is 0 Å². The van der Waals surface area contributed by atoms with Crippen molar-refractivity contribution in [3.8, 4) is 5.75 Å². The molecule has 0 radical (unpaired) electrons. The Bertz CT molecular complexity index is 563. The van der Waals surface area contributed by atoms with Crippen LogP contribution in [0.4, 0.5) is 0 Å². The van der Waals surface area contributed by atoms with Crippen LogP contribution in [-0.2, 0) is 13.0 Å². The fourth-order valence-corrected chi connectivity index (χ4v) is 2.30. The maximum Gasteiger partial charge on any atom is 0.120 e. The van der Waals surface area contributed by atoms with Crippen molar-refractivity contribution in [3.63, 3.8) is 0 Å². The number of rotatable bonds is 7. The van der Waals surface area contributed by atoms with Gasteiger partial charge in [-0.15, -0.1) is 0 Å². The van der Waals surface area contributed by atoms with Crippen LogP contribution in [0.1, 0.15) is 30.5 Å². The van der Waals surface area contributed by atoms with Gasteiger partial charge in [-0.1, -0.05) is 50.2 Å². The first-order valence-corrected chi connectivity index (χ1v) is 7.65. The molecule has 0 aliphatic carbocycles. The van der Waals surface area contributed by atoms with E-state index in [1.807, 2.05) is 12.1 Å². The van der Waals surface area contributed by atoms with Gasteiger partial charge < -0.3 is 10.1 Å². The molecule has 0 bridgehead atoms.